The lowest BCUT2D eigenvalue weighted by Gasteiger charge is -2.34. The minimum Gasteiger partial charge on any atom is -0.496 e. The van der Waals surface area contributed by atoms with E-state index in [0.29, 0.717) is 47.2 Å². The van der Waals surface area contributed by atoms with E-state index in [2.05, 4.69) is 29.0 Å². The SMILES string of the molecule is COc1cc(-n2ncc3c(-c4cccc(-c5ccc(CN(C)C6CCC(CC(=O)O)CC6)c(OC)n5)c4Cl)cccc32)cc(OC)c1CN(C)[C@@H]1CCC[C@@H]1O. The van der Waals surface area contributed by atoms with Gasteiger partial charge in [0.2, 0.25) is 5.88 Å². The van der Waals surface area contributed by atoms with Crippen molar-refractivity contribution in [3.05, 3.63) is 83.0 Å². The van der Waals surface area contributed by atoms with Crippen LogP contribution in [-0.4, -0.2) is 94.4 Å². The van der Waals surface area contributed by atoms with Crippen LogP contribution in [0.4, 0.5) is 0 Å². The van der Waals surface area contributed by atoms with E-state index in [0.717, 1.165) is 89.4 Å². The smallest absolute Gasteiger partial charge is 0.303 e. The molecular formula is C44H52ClN5O6. The zero-order valence-electron chi connectivity index (χ0n) is 32.9. The van der Waals surface area contributed by atoms with Crippen LogP contribution in [0, 0.1) is 5.92 Å². The second-order valence-electron chi connectivity index (χ2n) is 15.3. The molecule has 0 unspecified atom stereocenters. The Labute approximate surface area is 333 Å². The van der Waals surface area contributed by atoms with Gasteiger partial charge in [-0.2, -0.15) is 5.10 Å². The molecule has 0 radical (unpaired) electrons. The maximum Gasteiger partial charge on any atom is 0.303 e. The van der Waals surface area contributed by atoms with Crippen LogP contribution in [0.3, 0.4) is 0 Å². The number of likely N-dealkylation sites (N-methyl/N-ethyl adjacent to an activating group) is 1. The van der Waals surface area contributed by atoms with Gasteiger partial charge in [0.05, 0.1) is 61.1 Å². The number of nitrogens with zero attached hydrogens (tertiary/aromatic N) is 5. The number of carboxylic acids is 1. The van der Waals surface area contributed by atoms with Gasteiger partial charge in [0, 0.05) is 65.8 Å². The molecule has 3 aromatic carbocycles. The topological polar surface area (TPSA) is 122 Å². The van der Waals surface area contributed by atoms with Crippen molar-refractivity contribution < 1.29 is 29.2 Å². The van der Waals surface area contributed by atoms with E-state index in [1.807, 2.05) is 66.5 Å². The number of aliphatic hydroxyl groups is 1. The largest absolute Gasteiger partial charge is 0.496 e. The molecule has 5 aromatic rings. The molecule has 296 valence electrons. The monoisotopic (exact) mass is 781 g/mol. The molecule has 2 heterocycles. The van der Waals surface area contributed by atoms with Crippen molar-refractivity contribution in [2.45, 2.75) is 82.6 Å². The van der Waals surface area contributed by atoms with Gasteiger partial charge in [0.1, 0.15) is 11.5 Å². The minimum absolute atomic E-state index is 0.0993. The van der Waals surface area contributed by atoms with Gasteiger partial charge in [-0.25, -0.2) is 9.67 Å². The lowest BCUT2D eigenvalue weighted by molar-refractivity contribution is -0.138. The van der Waals surface area contributed by atoms with Crippen molar-refractivity contribution in [3.8, 4) is 45.5 Å². The first-order valence-electron chi connectivity index (χ1n) is 19.5. The van der Waals surface area contributed by atoms with Crippen LogP contribution in [0.25, 0.3) is 39.0 Å². The molecule has 0 bridgehead atoms. The Kier molecular flexibility index (Phi) is 12.2. The van der Waals surface area contributed by atoms with E-state index in [4.69, 9.17) is 35.9 Å². The zero-order valence-corrected chi connectivity index (χ0v) is 33.6. The molecule has 2 aliphatic carbocycles. The van der Waals surface area contributed by atoms with E-state index in [9.17, 15) is 15.0 Å². The molecule has 0 saturated heterocycles. The molecule has 56 heavy (non-hydrogen) atoms. The van der Waals surface area contributed by atoms with Crippen LogP contribution in [0.1, 0.15) is 62.5 Å². The predicted octanol–water partition coefficient (Wildman–Crippen LogP) is 8.24. The summed E-state index contributed by atoms with van der Waals surface area (Å²) in [5.74, 6) is 1.49. The van der Waals surface area contributed by atoms with Crippen molar-refractivity contribution in [1.82, 2.24) is 24.6 Å². The third-order valence-corrected chi connectivity index (χ3v) is 12.3. The van der Waals surface area contributed by atoms with Gasteiger partial charge in [-0.15, -0.1) is 0 Å². The average Bonchev–Trinajstić information content (AvgIpc) is 3.84. The maximum atomic E-state index is 11.2. The number of carboxylic acid groups (broad SMARTS) is 1. The maximum absolute atomic E-state index is 11.2. The number of carbonyl (C=O) groups is 1. The third kappa shape index (κ3) is 8.09. The highest BCUT2D eigenvalue weighted by molar-refractivity contribution is 6.36. The Balaban J connectivity index is 1.15. The molecule has 12 heteroatoms. The molecule has 2 atom stereocenters. The Morgan fingerprint density at radius 3 is 2.21 bits per heavy atom. The molecule has 2 saturated carbocycles. The summed E-state index contributed by atoms with van der Waals surface area (Å²) in [5.41, 5.74) is 6.91. The van der Waals surface area contributed by atoms with Gasteiger partial charge in [0.25, 0.3) is 0 Å². The van der Waals surface area contributed by atoms with E-state index < -0.39 is 5.97 Å². The fourth-order valence-corrected chi connectivity index (χ4v) is 9.15. The number of rotatable bonds is 14. The lowest BCUT2D eigenvalue weighted by atomic mass is 9.83. The normalized spacial score (nSPS) is 19.9. The van der Waals surface area contributed by atoms with Crippen molar-refractivity contribution in [1.29, 1.82) is 0 Å². The first kappa shape index (κ1) is 39.6. The number of hydrogen-bond donors (Lipinski definition) is 2. The van der Waals surface area contributed by atoms with Crippen LogP contribution >= 0.6 is 11.6 Å². The molecule has 0 amide bonds. The van der Waals surface area contributed by atoms with Crippen molar-refractivity contribution in [3.63, 3.8) is 0 Å². The van der Waals surface area contributed by atoms with E-state index in [1.165, 1.54) is 0 Å². The molecule has 0 spiro atoms. The van der Waals surface area contributed by atoms with Crippen LogP contribution in [0.15, 0.2) is 66.9 Å². The summed E-state index contributed by atoms with van der Waals surface area (Å²) in [4.78, 5) is 20.6. The third-order valence-electron chi connectivity index (χ3n) is 11.9. The quantitative estimate of drug-likeness (QED) is 0.114. The van der Waals surface area contributed by atoms with E-state index in [-0.39, 0.29) is 24.5 Å². The van der Waals surface area contributed by atoms with Gasteiger partial charge < -0.3 is 24.4 Å². The average molecular weight is 782 g/mol. The number of ether oxygens (including phenoxy) is 3. The number of halogens is 1. The molecule has 2 aromatic heterocycles. The first-order chi connectivity index (χ1) is 27.1. The standard InChI is InChI=1S/C44H52ClN5O6/c1-48(29-18-15-27(16-19-29)21-42(52)53)25-28-17-20-36(47-44(28)56-5)33-11-6-10-32(43(33)45)31-9-7-12-37-34(31)24-46-50(37)30-22-40(54-3)35(41(23-30)55-4)26-49(2)38-13-8-14-39(38)51/h6-7,9-12,17,20,22-24,27,29,38-39,51H,8,13-16,18-19,21,25-26H2,1-5H3,(H,52,53)/t27?,29?,38-,39+/m1/s1. The highest BCUT2D eigenvalue weighted by Gasteiger charge is 2.30. The minimum atomic E-state index is -0.710. The number of methoxy groups -OCH3 is 3. The summed E-state index contributed by atoms with van der Waals surface area (Å²) in [6, 6.07) is 20.6. The molecule has 11 nitrogen and oxygen atoms in total. The highest BCUT2D eigenvalue weighted by atomic mass is 35.5. The fraction of sp³-hybridized carbons (Fsp3) is 0.432. The second-order valence-corrected chi connectivity index (χ2v) is 15.7. The highest BCUT2D eigenvalue weighted by Crippen LogP contribution is 2.41. The Morgan fingerprint density at radius 1 is 0.857 bits per heavy atom. The van der Waals surface area contributed by atoms with Crippen LogP contribution < -0.4 is 14.2 Å². The number of hydrogen-bond acceptors (Lipinski definition) is 9. The Bertz CT molecular complexity index is 2160. The summed E-state index contributed by atoms with van der Waals surface area (Å²) in [6.45, 7) is 1.25. The summed E-state index contributed by atoms with van der Waals surface area (Å²) in [7, 11) is 9.12. The zero-order chi connectivity index (χ0) is 39.5. The number of benzene rings is 3. The second kappa shape index (κ2) is 17.2. The van der Waals surface area contributed by atoms with E-state index >= 15 is 0 Å². The Morgan fingerprint density at radius 2 is 1.55 bits per heavy atom. The number of aliphatic hydroxyl groups excluding tert-OH is 1. The van der Waals surface area contributed by atoms with Crippen molar-refractivity contribution in [2.24, 2.45) is 5.92 Å². The molecular weight excluding hydrogens is 730 g/mol. The summed E-state index contributed by atoms with van der Waals surface area (Å²) in [6.07, 6.45) is 8.42. The van der Waals surface area contributed by atoms with Gasteiger partial charge in [-0.1, -0.05) is 48.0 Å². The molecule has 2 fully saturated rings. The fourth-order valence-electron chi connectivity index (χ4n) is 8.83. The number of aliphatic carboxylic acids is 1. The Hall–Kier alpha value is -4.68. The summed E-state index contributed by atoms with van der Waals surface area (Å²) >= 11 is 7.25. The molecule has 2 aliphatic rings. The van der Waals surface area contributed by atoms with Gasteiger partial charge in [-0.05, 0) is 82.7 Å². The first-order valence-corrected chi connectivity index (χ1v) is 19.8. The summed E-state index contributed by atoms with van der Waals surface area (Å²) < 4.78 is 19.5. The van der Waals surface area contributed by atoms with Gasteiger partial charge >= 0.3 is 5.97 Å². The molecule has 2 N–H and O–H groups in total. The van der Waals surface area contributed by atoms with Crippen molar-refractivity contribution in [2.75, 3.05) is 35.4 Å². The molecule has 0 aliphatic heterocycles. The number of fused-ring (bicyclic) bond motifs is 1. The van der Waals surface area contributed by atoms with Gasteiger partial charge in [0.15, 0.2) is 0 Å². The number of aromatic nitrogens is 3. The summed E-state index contributed by atoms with van der Waals surface area (Å²) in [5, 5.41) is 26.1. The van der Waals surface area contributed by atoms with Gasteiger partial charge in [-0.3, -0.25) is 14.6 Å². The van der Waals surface area contributed by atoms with E-state index in [1.54, 1.807) is 21.3 Å². The van der Waals surface area contributed by atoms with Crippen molar-refractivity contribution >= 4 is 28.5 Å². The molecule has 7 rings (SSSR count). The lowest BCUT2D eigenvalue weighted by Crippen LogP contribution is -2.37. The number of pyridine rings is 1. The van der Waals surface area contributed by atoms with Crippen LogP contribution in [-0.2, 0) is 17.9 Å². The predicted molar refractivity (Wildman–Crippen MR) is 219 cm³/mol. The van der Waals surface area contributed by atoms with Crippen LogP contribution in [0.5, 0.6) is 17.4 Å². The van der Waals surface area contributed by atoms with Crippen LogP contribution in [0.2, 0.25) is 5.02 Å².